The zero-order valence-electron chi connectivity index (χ0n) is 19.1. The summed E-state index contributed by atoms with van der Waals surface area (Å²) >= 11 is 12.9. The summed E-state index contributed by atoms with van der Waals surface area (Å²) in [6.07, 6.45) is 1.19. The van der Waals surface area contributed by atoms with Crippen LogP contribution in [0.5, 0.6) is 0 Å². The molecule has 1 heterocycles. The first-order valence-corrected chi connectivity index (χ1v) is 12.3. The Morgan fingerprint density at radius 2 is 1.62 bits per heavy atom. The summed E-state index contributed by atoms with van der Waals surface area (Å²) in [6.45, 7) is 4.02. The number of rotatable bonds is 3. The molecule has 0 radical (unpaired) electrons. The number of anilines is 1. The number of aryl methyl sites for hydroxylation is 2. The summed E-state index contributed by atoms with van der Waals surface area (Å²) in [5.41, 5.74) is 6.24. The Morgan fingerprint density at radius 3 is 2.38 bits per heavy atom. The van der Waals surface area contributed by atoms with Crippen LogP contribution in [0.15, 0.2) is 78.0 Å². The van der Waals surface area contributed by atoms with Crippen LogP contribution in [0.25, 0.3) is 0 Å². The molecule has 34 heavy (non-hydrogen) atoms. The van der Waals surface area contributed by atoms with E-state index in [0.29, 0.717) is 28.5 Å². The van der Waals surface area contributed by atoms with Gasteiger partial charge in [0.2, 0.25) is 5.91 Å². The van der Waals surface area contributed by atoms with Crippen LogP contribution < -0.4 is 4.90 Å². The van der Waals surface area contributed by atoms with E-state index in [1.807, 2.05) is 62.4 Å². The Hall–Kier alpha value is -2.88. The molecule has 1 aliphatic carbocycles. The minimum atomic E-state index is -0.403. The number of hydrogen-bond acceptors (Lipinski definition) is 2. The van der Waals surface area contributed by atoms with Crippen LogP contribution >= 0.6 is 23.2 Å². The fraction of sp³-hybridized carbons (Fsp3) is 0.241. The normalized spacial score (nSPS) is 20.5. The Morgan fingerprint density at radius 1 is 0.853 bits per heavy atom. The summed E-state index contributed by atoms with van der Waals surface area (Å²) in [5.74, 6) is -0.352. The first kappa shape index (κ1) is 22.9. The summed E-state index contributed by atoms with van der Waals surface area (Å²) in [4.78, 5) is 29.3. The zero-order chi connectivity index (χ0) is 24.0. The molecule has 1 aliphatic heterocycles. The molecular weight excluding hydrogens is 465 g/mol. The molecule has 0 bridgehead atoms. The maximum Gasteiger partial charge on any atom is 0.232 e. The maximum atomic E-state index is 13.8. The number of halogens is 2. The number of Topliss-reactive ketones (excluding diaryl/α,β-unsaturated/α-hetero) is 1. The highest BCUT2D eigenvalue weighted by Gasteiger charge is 2.43. The number of ketones is 1. The van der Waals surface area contributed by atoms with Gasteiger partial charge in [0.1, 0.15) is 0 Å². The molecule has 172 valence electrons. The second-order valence-corrected chi connectivity index (χ2v) is 10.0. The van der Waals surface area contributed by atoms with Gasteiger partial charge in [-0.25, -0.2) is 0 Å². The highest BCUT2D eigenvalue weighted by Crippen LogP contribution is 2.49. The van der Waals surface area contributed by atoms with E-state index in [9.17, 15) is 9.59 Å². The molecule has 3 nitrogen and oxygen atoms in total. The molecule has 0 saturated carbocycles. The molecule has 0 fully saturated rings. The van der Waals surface area contributed by atoms with Crippen LogP contribution in [0, 0.1) is 13.8 Å². The van der Waals surface area contributed by atoms with E-state index < -0.39 is 5.92 Å². The average molecular weight is 490 g/mol. The maximum absolute atomic E-state index is 13.8. The Labute approximate surface area is 210 Å². The highest BCUT2D eigenvalue weighted by molar-refractivity contribution is 6.42. The van der Waals surface area contributed by atoms with E-state index in [-0.39, 0.29) is 24.0 Å². The van der Waals surface area contributed by atoms with Crippen molar-refractivity contribution in [3.63, 3.8) is 0 Å². The molecular formula is C29H25Cl2NO2. The van der Waals surface area contributed by atoms with Gasteiger partial charge < -0.3 is 0 Å². The highest BCUT2D eigenvalue weighted by atomic mass is 35.5. The third-order valence-corrected chi connectivity index (χ3v) is 7.80. The quantitative estimate of drug-likeness (QED) is 0.381. The van der Waals surface area contributed by atoms with Crippen LogP contribution in [0.4, 0.5) is 5.69 Å². The molecule has 5 heteroatoms. The zero-order valence-corrected chi connectivity index (χ0v) is 20.7. The first-order valence-electron chi connectivity index (χ1n) is 11.5. The average Bonchev–Trinajstić information content (AvgIpc) is 2.82. The Bertz CT molecular complexity index is 1330. The second-order valence-electron chi connectivity index (χ2n) is 9.22. The van der Waals surface area contributed by atoms with E-state index in [0.717, 1.165) is 33.6 Å². The van der Waals surface area contributed by atoms with E-state index in [4.69, 9.17) is 23.2 Å². The van der Waals surface area contributed by atoms with Gasteiger partial charge in [0.15, 0.2) is 5.78 Å². The van der Waals surface area contributed by atoms with Crippen LogP contribution in [-0.4, -0.2) is 11.7 Å². The van der Waals surface area contributed by atoms with Gasteiger partial charge in [0.05, 0.1) is 15.7 Å². The van der Waals surface area contributed by atoms with Gasteiger partial charge in [-0.3, -0.25) is 14.5 Å². The minimum absolute atomic E-state index is 0.0152. The molecule has 2 unspecified atom stereocenters. The molecule has 0 spiro atoms. The van der Waals surface area contributed by atoms with Crippen molar-refractivity contribution < 1.29 is 9.59 Å². The smallest absolute Gasteiger partial charge is 0.232 e. The lowest BCUT2D eigenvalue weighted by molar-refractivity contribution is -0.120. The number of hydrogen-bond donors (Lipinski definition) is 0. The van der Waals surface area contributed by atoms with Crippen molar-refractivity contribution in [3.05, 3.63) is 110 Å². The van der Waals surface area contributed by atoms with Crippen molar-refractivity contribution in [3.8, 4) is 0 Å². The Kier molecular flexibility index (Phi) is 6.09. The van der Waals surface area contributed by atoms with Gasteiger partial charge in [-0.15, -0.1) is 0 Å². The van der Waals surface area contributed by atoms with Gasteiger partial charge in [-0.2, -0.15) is 0 Å². The van der Waals surface area contributed by atoms with Crippen molar-refractivity contribution in [2.45, 2.75) is 44.9 Å². The molecule has 5 rings (SSSR count). The topological polar surface area (TPSA) is 37.4 Å². The summed E-state index contributed by atoms with van der Waals surface area (Å²) < 4.78 is 0. The third-order valence-electron chi connectivity index (χ3n) is 6.96. The number of benzene rings is 3. The standard InChI is InChI=1S/C29H25Cl2NO2/c1-17-11-12-18(2)24(13-17)32-25-14-20(19-7-4-3-5-8-19)15-26(33)28(25)22(16-27(32)34)21-9-6-10-23(30)29(21)31/h3-13,20,22H,14-16H2,1-2H3. The number of carbonyl (C=O) groups is 2. The van der Waals surface area contributed by atoms with Crippen LogP contribution in [0.2, 0.25) is 10.0 Å². The molecule has 0 N–H and O–H groups in total. The predicted octanol–water partition coefficient (Wildman–Crippen LogP) is 7.53. The van der Waals surface area contributed by atoms with Crippen LogP contribution in [-0.2, 0) is 9.59 Å². The van der Waals surface area contributed by atoms with E-state index in [2.05, 4.69) is 12.1 Å². The largest absolute Gasteiger partial charge is 0.294 e. The predicted molar refractivity (Wildman–Crippen MR) is 138 cm³/mol. The van der Waals surface area contributed by atoms with Crippen molar-refractivity contribution in [1.82, 2.24) is 0 Å². The number of allylic oxidation sites excluding steroid dienone is 2. The van der Waals surface area contributed by atoms with Crippen molar-refractivity contribution in [1.29, 1.82) is 0 Å². The molecule has 3 aromatic carbocycles. The summed E-state index contributed by atoms with van der Waals surface area (Å²) in [5, 5.41) is 0.836. The van der Waals surface area contributed by atoms with E-state index in [1.165, 1.54) is 0 Å². The van der Waals surface area contributed by atoms with Crippen molar-refractivity contribution >= 4 is 40.6 Å². The van der Waals surface area contributed by atoms with E-state index >= 15 is 0 Å². The fourth-order valence-electron chi connectivity index (χ4n) is 5.29. The van der Waals surface area contributed by atoms with Crippen LogP contribution in [0.1, 0.15) is 53.4 Å². The number of amides is 1. The molecule has 0 saturated heterocycles. The van der Waals surface area contributed by atoms with Gasteiger partial charge >= 0.3 is 0 Å². The fourth-order valence-corrected chi connectivity index (χ4v) is 5.73. The third kappa shape index (κ3) is 3.97. The van der Waals surface area contributed by atoms with Gasteiger partial charge in [-0.1, -0.05) is 77.8 Å². The molecule has 2 atom stereocenters. The summed E-state index contributed by atoms with van der Waals surface area (Å²) in [6, 6.07) is 21.6. The van der Waals surface area contributed by atoms with Crippen molar-refractivity contribution in [2.24, 2.45) is 0 Å². The first-order chi connectivity index (χ1) is 16.3. The van der Waals surface area contributed by atoms with Crippen LogP contribution in [0.3, 0.4) is 0 Å². The Balaban J connectivity index is 1.71. The minimum Gasteiger partial charge on any atom is -0.294 e. The lowest BCUT2D eigenvalue weighted by atomic mass is 9.72. The van der Waals surface area contributed by atoms with Gasteiger partial charge in [0.25, 0.3) is 0 Å². The SMILES string of the molecule is Cc1ccc(C)c(N2C(=O)CC(c3cccc(Cl)c3Cl)C3=C2CC(c2ccccc2)CC3=O)c1. The number of carbonyl (C=O) groups excluding carboxylic acids is 2. The van der Waals surface area contributed by atoms with Gasteiger partial charge in [0, 0.05) is 30.0 Å². The van der Waals surface area contributed by atoms with Crippen molar-refractivity contribution in [2.75, 3.05) is 4.90 Å². The molecule has 3 aromatic rings. The lowest BCUT2D eigenvalue weighted by Crippen LogP contribution is -2.42. The van der Waals surface area contributed by atoms with E-state index in [1.54, 1.807) is 11.0 Å². The summed E-state index contributed by atoms with van der Waals surface area (Å²) in [7, 11) is 0. The monoisotopic (exact) mass is 489 g/mol. The molecule has 1 amide bonds. The lowest BCUT2D eigenvalue weighted by Gasteiger charge is -2.41. The number of nitrogens with zero attached hydrogens (tertiary/aromatic N) is 1. The molecule has 2 aliphatic rings. The molecule has 0 aromatic heterocycles. The van der Waals surface area contributed by atoms with Gasteiger partial charge in [-0.05, 0) is 60.6 Å². The second kappa shape index (κ2) is 9.05.